The van der Waals surface area contributed by atoms with Gasteiger partial charge in [0.1, 0.15) is 12.2 Å². The molecule has 4 rings (SSSR count). The molecule has 0 spiro atoms. The maximum Gasteiger partial charge on any atom is 0.159 e. The second-order valence-electron chi connectivity index (χ2n) is 5.76. The lowest BCUT2D eigenvalue weighted by atomic mass is 10.1. The second kappa shape index (κ2) is 5.77. The number of carbonyl (C=O) groups excluding carboxylic acids is 1. The molecule has 0 unspecified atom stereocenters. The Bertz CT molecular complexity index is 1030. The zero-order valence-electron chi connectivity index (χ0n) is 13.2. The summed E-state index contributed by atoms with van der Waals surface area (Å²) in [5.41, 5.74) is 3.85. The molecule has 0 saturated carbocycles. The van der Waals surface area contributed by atoms with Crippen LogP contribution in [0.2, 0.25) is 0 Å². The van der Waals surface area contributed by atoms with E-state index in [1.165, 1.54) is 10.9 Å². The van der Waals surface area contributed by atoms with Gasteiger partial charge in [-0.3, -0.25) is 9.36 Å². The first-order valence-electron chi connectivity index (χ1n) is 7.77. The van der Waals surface area contributed by atoms with Crippen molar-refractivity contribution in [2.75, 3.05) is 0 Å². The van der Waals surface area contributed by atoms with Crippen LogP contribution in [0.1, 0.15) is 28.7 Å². The predicted octanol–water partition coefficient (Wildman–Crippen LogP) is 3.54. The number of carbonyl (C=O) groups is 1. The zero-order valence-corrected chi connectivity index (χ0v) is 13.2. The molecule has 2 heterocycles. The Morgan fingerprint density at radius 2 is 2.04 bits per heavy atom. The molecule has 0 atom stereocenters. The van der Waals surface area contributed by atoms with Crippen molar-refractivity contribution in [2.24, 2.45) is 0 Å². The summed E-state index contributed by atoms with van der Waals surface area (Å²) < 4.78 is 1.92. The fraction of sp³-hybridized carbons (Fsp3) is 0.105. The van der Waals surface area contributed by atoms with Gasteiger partial charge in [-0.25, -0.2) is 0 Å². The van der Waals surface area contributed by atoms with Crippen LogP contribution < -0.4 is 0 Å². The number of para-hydroxylation sites is 1. The first-order valence-corrected chi connectivity index (χ1v) is 7.77. The molecule has 0 bridgehead atoms. The number of rotatable bonds is 4. The number of Topliss-reactive ketones (excluding diaryl/α,β-unsaturated/α-hetero) is 1. The molecule has 0 amide bonds. The minimum Gasteiger partial charge on any atom is -0.361 e. The molecule has 5 heteroatoms. The quantitative estimate of drug-likeness (QED) is 0.586. The number of hydrogen-bond donors (Lipinski definition) is 1. The van der Waals surface area contributed by atoms with Crippen molar-refractivity contribution < 1.29 is 4.79 Å². The molecule has 4 aromatic rings. The summed E-state index contributed by atoms with van der Waals surface area (Å²) in [6, 6.07) is 15.7. The van der Waals surface area contributed by atoms with Gasteiger partial charge >= 0.3 is 0 Å². The van der Waals surface area contributed by atoms with E-state index in [4.69, 9.17) is 0 Å². The van der Waals surface area contributed by atoms with Gasteiger partial charge in [0.2, 0.25) is 0 Å². The predicted molar refractivity (Wildman–Crippen MR) is 92.5 cm³/mol. The Morgan fingerprint density at radius 3 is 2.92 bits per heavy atom. The molecule has 0 saturated heterocycles. The van der Waals surface area contributed by atoms with E-state index in [1.54, 1.807) is 13.3 Å². The number of aromatic nitrogens is 4. The lowest BCUT2D eigenvalue weighted by Gasteiger charge is -2.07. The van der Waals surface area contributed by atoms with Crippen LogP contribution in [0.25, 0.3) is 16.6 Å². The Labute approximate surface area is 139 Å². The molecule has 24 heavy (non-hydrogen) atoms. The maximum absolute atomic E-state index is 11.6. The van der Waals surface area contributed by atoms with Crippen LogP contribution in [-0.2, 0) is 6.42 Å². The lowest BCUT2D eigenvalue weighted by Crippen LogP contribution is -2.03. The average molecular weight is 316 g/mol. The van der Waals surface area contributed by atoms with Gasteiger partial charge in [0.15, 0.2) is 5.78 Å². The molecular weight excluding hydrogens is 300 g/mol. The monoisotopic (exact) mass is 316 g/mol. The van der Waals surface area contributed by atoms with Crippen LogP contribution in [0.5, 0.6) is 0 Å². The molecule has 5 nitrogen and oxygen atoms in total. The Kier molecular flexibility index (Phi) is 3.46. The lowest BCUT2D eigenvalue weighted by molar-refractivity contribution is 0.101. The van der Waals surface area contributed by atoms with Crippen LogP contribution in [-0.4, -0.2) is 25.5 Å². The van der Waals surface area contributed by atoms with Crippen molar-refractivity contribution in [3.8, 4) is 5.69 Å². The van der Waals surface area contributed by atoms with Crippen LogP contribution in [0.4, 0.5) is 0 Å². The summed E-state index contributed by atoms with van der Waals surface area (Å²) in [6.07, 6.45) is 4.35. The van der Waals surface area contributed by atoms with Crippen molar-refractivity contribution in [1.29, 1.82) is 0 Å². The van der Waals surface area contributed by atoms with Crippen molar-refractivity contribution >= 4 is 16.7 Å². The van der Waals surface area contributed by atoms with Gasteiger partial charge in [0, 0.05) is 34.8 Å². The van der Waals surface area contributed by atoms with Gasteiger partial charge in [0.25, 0.3) is 0 Å². The first kappa shape index (κ1) is 14.4. The van der Waals surface area contributed by atoms with E-state index in [0.717, 1.165) is 17.0 Å². The number of ketones is 1. The number of fused-ring (bicyclic) bond motifs is 1. The fourth-order valence-electron chi connectivity index (χ4n) is 2.92. The molecule has 2 aromatic carbocycles. The highest BCUT2D eigenvalue weighted by Gasteiger charge is 2.11. The van der Waals surface area contributed by atoms with E-state index >= 15 is 0 Å². The summed E-state index contributed by atoms with van der Waals surface area (Å²) in [7, 11) is 0. The number of benzene rings is 2. The normalized spacial score (nSPS) is 11.0. The third-order valence-electron chi connectivity index (χ3n) is 4.17. The summed E-state index contributed by atoms with van der Waals surface area (Å²) in [5, 5.41) is 9.50. The maximum atomic E-state index is 11.6. The summed E-state index contributed by atoms with van der Waals surface area (Å²) >= 11 is 0. The van der Waals surface area contributed by atoms with E-state index in [2.05, 4.69) is 27.3 Å². The molecular formula is C19H16N4O. The van der Waals surface area contributed by atoms with Crippen molar-refractivity contribution in [3.63, 3.8) is 0 Å². The molecule has 118 valence electrons. The smallest absolute Gasteiger partial charge is 0.159 e. The molecule has 0 aliphatic heterocycles. The molecule has 0 aliphatic carbocycles. The Balaban J connectivity index is 1.73. The van der Waals surface area contributed by atoms with E-state index in [0.29, 0.717) is 12.0 Å². The van der Waals surface area contributed by atoms with Crippen LogP contribution >= 0.6 is 0 Å². The molecule has 0 aliphatic rings. The third-order valence-corrected chi connectivity index (χ3v) is 4.17. The largest absolute Gasteiger partial charge is 0.361 e. The van der Waals surface area contributed by atoms with Gasteiger partial charge < -0.3 is 4.98 Å². The van der Waals surface area contributed by atoms with Gasteiger partial charge in [-0.05, 0) is 30.7 Å². The molecule has 1 N–H and O–H groups in total. The summed E-state index contributed by atoms with van der Waals surface area (Å²) in [4.78, 5) is 14.9. The number of aromatic amines is 1. The van der Waals surface area contributed by atoms with Crippen LogP contribution in [0, 0.1) is 0 Å². The highest BCUT2D eigenvalue weighted by Crippen LogP contribution is 2.21. The third kappa shape index (κ3) is 2.50. The standard InChI is InChI=1S/C19H16N4O/c1-13(24)14-5-4-6-16(9-14)23-12-21-22-19(23)10-15-11-20-18-8-3-2-7-17(15)18/h2-9,11-12,20H,10H2,1H3. The number of hydrogen-bond acceptors (Lipinski definition) is 3. The minimum atomic E-state index is 0.0445. The van der Waals surface area contributed by atoms with Crippen molar-refractivity contribution in [1.82, 2.24) is 19.7 Å². The first-order chi connectivity index (χ1) is 11.7. The van der Waals surface area contributed by atoms with Gasteiger partial charge in [0.05, 0.1) is 0 Å². The Morgan fingerprint density at radius 1 is 1.17 bits per heavy atom. The van der Waals surface area contributed by atoms with E-state index < -0.39 is 0 Å². The molecule has 0 fully saturated rings. The van der Waals surface area contributed by atoms with Gasteiger partial charge in [-0.15, -0.1) is 10.2 Å². The number of H-pyrrole nitrogens is 1. The SMILES string of the molecule is CC(=O)c1cccc(-n2cnnc2Cc2c[nH]c3ccccc23)c1. The van der Waals surface area contributed by atoms with E-state index in [9.17, 15) is 4.79 Å². The average Bonchev–Trinajstić information content (AvgIpc) is 3.23. The van der Waals surface area contributed by atoms with Crippen LogP contribution in [0.15, 0.2) is 61.1 Å². The van der Waals surface area contributed by atoms with E-state index in [-0.39, 0.29) is 5.78 Å². The summed E-state index contributed by atoms with van der Waals surface area (Å²) in [6.45, 7) is 1.57. The summed E-state index contributed by atoms with van der Waals surface area (Å²) in [5.74, 6) is 0.878. The zero-order chi connectivity index (χ0) is 16.5. The number of nitrogens with one attached hydrogen (secondary N) is 1. The Hall–Kier alpha value is -3.21. The van der Waals surface area contributed by atoms with Gasteiger partial charge in [-0.1, -0.05) is 30.3 Å². The van der Waals surface area contributed by atoms with Crippen molar-refractivity contribution in [3.05, 3.63) is 78.0 Å². The molecule has 0 radical (unpaired) electrons. The van der Waals surface area contributed by atoms with Crippen molar-refractivity contribution in [2.45, 2.75) is 13.3 Å². The number of nitrogens with zero attached hydrogens (tertiary/aromatic N) is 3. The minimum absolute atomic E-state index is 0.0445. The van der Waals surface area contributed by atoms with Crippen LogP contribution in [0.3, 0.4) is 0 Å². The molecule has 2 aromatic heterocycles. The van der Waals surface area contributed by atoms with E-state index in [1.807, 2.05) is 47.2 Å². The second-order valence-corrected chi connectivity index (χ2v) is 5.76. The highest BCUT2D eigenvalue weighted by molar-refractivity contribution is 5.94. The highest BCUT2D eigenvalue weighted by atomic mass is 16.1. The van der Waals surface area contributed by atoms with Gasteiger partial charge in [-0.2, -0.15) is 0 Å². The fourth-order valence-corrected chi connectivity index (χ4v) is 2.92. The topological polar surface area (TPSA) is 63.6 Å².